The zero-order chi connectivity index (χ0) is 14.4. The van der Waals surface area contributed by atoms with E-state index in [2.05, 4.69) is 29.8 Å². The van der Waals surface area contributed by atoms with Gasteiger partial charge in [0.1, 0.15) is 0 Å². The van der Waals surface area contributed by atoms with E-state index < -0.39 is 0 Å². The van der Waals surface area contributed by atoms with Gasteiger partial charge in [-0.1, -0.05) is 20.3 Å². The standard InChI is InChI=1S/C17H28N2O/c1-3-5-11-19-16-9-7-6-8-14(16)12-15(17(19)20)13-18-10-4-2/h12,18H,3-11,13H2,1-2H3. The van der Waals surface area contributed by atoms with Crippen molar-refractivity contribution in [2.24, 2.45) is 0 Å². The van der Waals surface area contributed by atoms with E-state index in [1.165, 1.54) is 24.1 Å². The SMILES string of the molecule is CCCCn1c2c(cc(CNCCC)c1=O)CCCC2. The molecule has 0 saturated carbocycles. The minimum absolute atomic E-state index is 0.239. The van der Waals surface area contributed by atoms with E-state index in [1.807, 2.05) is 0 Å². The van der Waals surface area contributed by atoms with Crippen LogP contribution in [0, 0.1) is 0 Å². The van der Waals surface area contributed by atoms with Gasteiger partial charge in [-0.25, -0.2) is 0 Å². The van der Waals surface area contributed by atoms with Gasteiger partial charge in [-0.3, -0.25) is 4.79 Å². The van der Waals surface area contributed by atoms with E-state index in [4.69, 9.17) is 0 Å². The van der Waals surface area contributed by atoms with Crippen molar-refractivity contribution < 1.29 is 0 Å². The van der Waals surface area contributed by atoms with Gasteiger partial charge in [-0.15, -0.1) is 0 Å². The highest BCUT2D eigenvalue weighted by atomic mass is 16.1. The highest BCUT2D eigenvalue weighted by Crippen LogP contribution is 2.21. The first-order valence-corrected chi connectivity index (χ1v) is 8.23. The lowest BCUT2D eigenvalue weighted by Gasteiger charge is -2.22. The van der Waals surface area contributed by atoms with E-state index in [-0.39, 0.29) is 5.56 Å². The maximum Gasteiger partial charge on any atom is 0.255 e. The van der Waals surface area contributed by atoms with E-state index in [1.54, 1.807) is 0 Å². The predicted molar refractivity (Wildman–Crippen MR) is 84.2 cm³/mol. The molecule has 0 fully saturated rings. The molecule has 0 bridgehead atoms. The summed E-state index contributed by atoms with van der Waals surface area (Å²) in [6, 6.07) is 2.17. The maximum absolute atomic E-state index is 12.7. The molecule has 1 N–H and O–H groups in total. The first-order chi connectivity index (χ1) is 9.77. The Morgan fingerprint density at radius 3 is 2.75 bits per heavy atom. The first-order valence-electron chi connectivity index (χ1n) is 8.23. The van der Waals surface area contributed by atoms with Gasteiger partial charge in [0.15, 0.2) is 0 Å². The van der Waals surface area contributed by atoms with Crippen LogP contribution in [0.1, 0.15) is 62.8 Å². The third-order valence-electron chi connectivity index (χ3n) is 4.15. The number of hydrogen-bond acceptors (Lipinski definition) is 2. The van der Waals surface area contributed by atoms with Crippen molar-refractivity contribution in [2.45, 2.75) is 71.9 Å². The summed E-state index contributed by atoms with van der Waals surface area (Å²) in [6.07, 6.45) is 8.05. The molecule has 0 radical (unpaired) electrons. The molecule has 1 aliphatic carbocycles. The molecule has 0 atom stereocenters. The number of rotatable bonds is 7. The molecular formula is C17H28N2O. The lowest BCUT2D eigenvalue weighted by atomic mass is 9.94. The number of aryl methyl sites for hydroxylation is 1. The summed E-state index contributed by atoms with van der Waals surface area (Å²) < 4.78 is 2.07. The number of unbranched alkanes of at least 4 members (excludes halogenated alkanes) is 1. The Labute approximate surface area is 122 Å². The zero-order valence-corrected chi connectivity index (χ0v) is 13.0. The number of nitrogens with zero attached hydrogens (tertiary/aromatic N) is 1. The van der Waals surface area contributed by atoms with Crippen LogP contribution in [0.5, 0.6) is 0 Å². The quantitative estimate of drug-likeness (QED) is 0.777. The topological polar surface area (TPSA) is 34.0 Å². The molecule has 1 aromatic rings. The Hall–Kier alpha value is -1.09. The average molecular weight is 276 g/mol. The van der Waals surface area contributed by atoms with Gasteiger partial charge in [0.05, 0.1) is 0 Å². The molecule has 1 aromatic heterocycles. The third kappa shape index (κ3) is 3.51. The maximum atomic E-state index is 12.7. The number of aromatic nitrogens is 1. The number of fused-ring (bicyclic) bond motifs is 1. The second kappa shape index (κ2) is 7.63. The summed E-state index contributed by atoms with van der Waals surface area (Å²) in [7, 11) is 0. The molecule has 1 heterocycles. The van der Waals surface area contributed by atoms with Crippen molar-refractivity contribution in [3.05, 3.63) is 33.2 Å². The Morgan fingerprint density at radius 1 is 1.20 bits per heavy atom. The summed E-state index contributed by atoms with van der Waals surface area (Å²) in [5.74, 6) is 0. The van der Waals surface area contributed by atoms with Crippen molar-refractivity contribution in [3.63, 3.8) is 0 Å². The highest BCUT2D eigenvalue weighted by molar-refractivity contribution is 5.29. The number of nitrogens with one attached hydrogen (secondary N) is 1. The number of pyridine rings is 1. The van der Waals surface area contributed by atoms with Gasteiger partial charge < -0.3 is 9.88 Å². The van der Waals surface area contributed by atoms with Gasteiger partial charge in [0.2, 0.25) is 0 Å². The van der Waals surface area contributed by atoms with Crippen LogP contribution in [-0.4, -0.2) is 11.1 Å². The fourth-order valence-electron chi connectivity index (χ4n) is 3.02. The highest BCUT2D eigenvalue weighted by Gasteiger charge is 2.17. The van der Waals surface area contributed by atoms with Crippen LogP contribution in [0.25, 0.3) is 0 Å². The summed E-state index contributed by atoms with van der Waals surface area (Å²) in [4.78, 5) is 12.7. The average Bonchev–Trinajstić information content (AvgIpc) is 2.47. The number of hydrogen-bond donors (Lipinski definition) is 1. The van der Waals surface area contributed by atoms with Crippen LogP contribution < -0.4 is 10.9 Å². The van der Waals surface area contributed by atoms with Crippen LogP contribution in [0.2, 0.25) is 0 Å². The van der Waals surface area contributed by atoms with Gasteiger partial charge in [-0.2, -0.15) is 0 Å². The molecule has 0 aliphatic heterocycles. The molecule has 0 amide bonds. The van der Waals surface area contributed by atoms with E-state index >= 15 is 0 Å². The summed E-state index contributed by atoms with van der Waals surface area (Å²) in [6.45, 7) is 6.92. The lowest BCUT2D eigenvalue weighted by Crippen LogP contribution is -2.32. The Kier molecular flexibility index (Phi) is 5.84. The molecule has 3 nitrogen and oxygen atoms in total. The molecule has 0 saturated heterocycles. The van der Waals surface area contributed by atoms with Crippen molar-refractivity contribution >= 4 is 0 Å². The minimum Gasteiger partial charge on any atom is -0.312 e. The monoisotopic (exact) mass is 276 g/mol. The van der Waals surface area contributed by atoms with E-state index in [0.717, 1.165) is 50.8 Å². The first kappa shape index (κ1) is 15.3. The van der Waals surface area contributed by atoms with Crippen molar-refractivity contribution in [1.29, 1.82) is 0 Å². The van der Waals surface area contributed by atoms with Crippen LogP contribution in [0.4, 0.5) is 0 Å². The van der Waals surface area contributed by atoms with Crippen LogP contribution >= 0.6 is 0 Å². The Bertz CT molecular complexity index is 490. The summed E-state index contributed by atoms with van der Waals surface area (Å²) in [5, 5.41) is 3.37. The van der Waals surface area contributed by atoms with Gasteiger partial charge in [0, 0.05) is 24.3 Å². The van der Waals surface area contributed by atoms with Crippen LogP contribution in [-0.2, 0) is 25.9 Å². The Morgan fingerprint density at radius 2 is 2.00 bits per heavy atom. The molecule has 0 spiro atoms. The minimum atomic E-state index is 0.239. The molecule has 20 heavy (non-hydrogen) atoms. The van der Waals surface area contributed by atoms with Crippen molar-refractivity contribution in [1.82, 2.24) is 9.88 Å². The molecule has 112 valence electrons. The molecular weight excluding hydrogens is 248 g/mol. The second-order valence-electron chi connectivity index (χ2n) is 5.84. The van der Waals surface area contributed by atoms with Crippen molar-refractivity contribution in [3.8, 4) is 0 Å². The normalized spacial score (nSPS) is 14.3. The van der Waals surface area contributed by atoms with Crippen LogP contribution in [0.3, 0.4) is 0 Å². The molecule has 0 unspecified atom stereocenters. The third-order valence-corrected chi connectivity index (χ3v) is 4.15. The molecule has 1 aliphatic rings. The lowest BCUT2D eigenvalue weighted by molar-refractivity contribution is 0.540. The van der Waals surface area contributed by atoms with Crippen molar-refractivity contribution in [2.75, 3.05) is 6.54 Å². The predicted octanol–water partition coefficient (Wildman–Crippen LogP) is 3.03. The van der Waals surface area contributed by atoms with Crippen LogP contribution in [0.15, 0.2) is 10.9 Å². The van der Waals surface area contributed by atoms with E-state index in [0.29, 0.717) is 6.54 Å². The smallest absolute Gasteiger partial charge is 0.255 e. The Balaban J connectivity index is 2.30. The van der Waals surface area contributed by atoms with E-state index in [9.17, 15) is 4.79 Å². The molecule has 2 rings (SSSR count). The fraction of sp³-hybridized carbons (Fsp3) is 0.706. The molecule has 0 aromatic carbocycles. The largest absolute Gasteiger partial charge is 0.312 e. The zero-order valence-electron chi connectivity index (χ0n) is 13.0. The van der Waals surface area contributed by atoms with Gasteiger partial charge in [0.25, 0.3) is 5.56 Å². The summed E-state index contributed by atoms with van der Waals surface area (Å²) in [5.41, 5.74) is 3.92. The molecule has 3 heteroatoms. The van der Waals surface area contributed by atoms with Gasteiger partial charge >= 0.3 is 0 Å². The van der Waals surface area contributed by atoms with Gasteiger partial charge in [-0.05, 0) is 56.7 Å². The fourth-order valence-corrected chi connectivity index (χ4v) is 3.02. The summed E-state index contributed by atoms with van der Waals surface area (Å²) >= 11 is 0. The second-order valence-corrected chi connectivity index (χ2v) is 5.84.